The molecule has 4 aromatic rings. The summed E-state index contributed by atoms with van der Waals surface area (Å²) in [6.07, 6.45) is 6.91. The molecule has 23 heavy (non-hydrogen) atoms. The smallest absolute Gasteiger partial charge is 0.217 e. The molecule has 0 unspecified atom stereocenters. The lowest BCUT2D eigenvalue weighted by molar-refractivity contribution is 0.860. The molecule has 4 rings (SSSR count). The SMILES string of the molecule is [B]c1cn2nc(-c3nccn3C)nc(Cl)c2c1-c1ccccn1. The Morgan fingerprint density at radius 1 is 1.17 bits per heavy atom. The Balaban J connectivity index is 1.99. The third kappa shape index (κ3) is 2.20. The highest BCUT2D eigenvalue weighted by Crippen LogP contribution is 2.27. The molecule has 0 spiro atoms. The van der Waals surface area contributed by atoms with Gasteiger partial charge in [0, 0.05) is 37.4 Å². The van der Waals surface area contributed by atoms with Gasteiger partial charge in [-0.3, -0.25) is 4.98 Å². The van der Waals surface area contributed by atoms with E-state index in [1.165, 1.54) is 0 Å². The van der Waals surface area contributed by atoms with E-state index in [1.807, 2.05) is 36.0 Å². The average molecular weight is 321 g/mol. The van der Waals surface area contributed by atoms with E-state index in [4.69, 9.17) is 19.4 Å². The van der Waals surface area contributed by atoms with E-state index >= 15 is 0 Å². The molecular formula is C15H10BClN6. The van der Waals surface area contributed by atoms with E-state index < -0.39 is 0 Å². The second-order valence-corrected chi connectivity index (χ2v) is 5.41. The summed E-state index contributed by atoms with van der Waals surface area (Å²) in [6, 6.07) is 5.60. The lowest BCUT2D eigenvalue weighted by Crippen LogP contribution is -2.02. The zero-order valence-corrected chi connectivity index (χ0v) is 12.9. The van der Waals surface area contributed by atoms with Crippen LogP contribution in [-0.4, -0.2) is 37.0 Å². The largest absolute Gasteiger partial charge is 0.331 e. The maximum absolute atomic E-state index is 6.41. The molecule has 0 atom stereocenters. The molecule has 4 heterocycles. The summed E-state index contributed by atoms with van der Waals surface area (Å²) in [6.45, 7) is 0. The number of aromatic nitrogens is 6. The van der Waals surface area contributed by atoms with Gasteiger partial charge in [-0.15, -0.1) is 5.10 Å². The molecular weight excluding hydrogens is 310 g/mol. The van der Waals surface area contributed by atoms with Gasteiger partial charge < -0.3 is 4.57 Å². The number of hydrogen-bond donors (Lipinski definition) is 0. The Morgan fingerprint density at radius 2 is 2.04 bits per heavy atom. The van der Waals surface area contributed by atoms with Gasteiger partial charge in [-0.1, -0.05) is 23.1 Å². The third-order valence-corrected chi connectivity index (χ3v) is 3.82. The fourth-order valence-electron chi connectivity index (χ4n) is 2.51. The number of rotatable bonds is 2. The van der Waals surface area contributed by atoms with E-state index in [-0.39, 0.29) is 0 Å². The van der Waals surface area contributed by atoms with E-state index in [0.717, 1.165) is 11.3 Å². The van der Waals surface area contributed by atoms with Crippen molar-refractivity contribution in [3.63, 3.8) is 0 Å². The van der Waals surface area contributed by atoms with Crippen LogP contribution in [0.1, 0.15) is 0 Å². The second-order valence-electron chi connectivity index (χ2n) is 5.06. The van der Waals surface area contributed by atoms with Gasteiger partial charge in [0.15, 0.2) is 11.0 Å². The highest BCUT2D eigenvalue weighted by molar-refractivity contribution is 6.40. The monoisotopic (exact) mass is 320 g/mol. The Kier molecular flexibility index (Phi) is 3.16. The standard InChI is InChI=1S/C15H10BClN6/c1-22-7-6-19-15(22)14-20-13(17)12-11(9(16)8-23(12)21-14)10-4-2-3-5-18-10/h2-8H,1H3. The average Bonchev–Trinajstić information content (AvgIpc) is 3.11. The van der Waals surface area contributed by atoms with Gasteiger partial charge in [0.05, 0.1) is 5.69 Å². The summed E-state index contributed by atoms with van der Waals surface area (Å²) in [4.78, 5) is 13.0. The molecule has 0 saturated heterocycles. The number of hydrogen-bond acceptors (Lipinski definition) is 4. The predicted octanol–water partition coefficient (Wildman–Crippen LogP) is 1.64. The van der Waals surface area contributed by atoms with Gasteiger partial charge in [0.2, 0.25) is 5.82 Å². The number of imidazole rings is 1. The van der Waals surface area contributed by atoms with Gasteiger partial charge in [0.1, 0.15) is 13.4 Å². The van der Waals surface area contributed by atoms with Gasteiger partial charge in [-0.25, -0.2) is 14.5 Å². The molecule has 4 aromatic heterocycles. The molecule has 6 nitrogen and oxygen atoms in total. The van der Waals surface area contributed by atoms with Crippen LogP contribution in [0.25, 0.3) is 28.4 Å². The van der Waals surface area contributed by atoms with Crippen molar-refractivity contribution < 1.29 is 0 Å². The van der Waals surface area contributed by atoms with Crippen LogP contribution in [0.2, 0.25) is 5.15 Å². The normalized spacial score (nSPS) is 11.2. The van der Waals surface area contributed by atoms with Crippen molar-refractivity contribution in [1.82, 2.24) is 29.1 Å². The molecule has 8 heteroatoms. The zero-order chi connectivity index (χ0) is 16.0. The highest BCUT2D eigenvalue weighted by Gasteiger charge is 2.18. The molecule has 110 valence electrons. The minimum atomic E-state index is 0.301. The van der Waals surface area contributed by atoms with Crippen LogP contribution >= 0.6 is 11.6 Å². The van der Waals surface area contributed by atoms with Gasteiger partial charge in [-0.2, -0.15) is 0 Å². The first-order valence-corrected chi connectivity index (χ1v) is 7.26. The molecule has 0 bridgehead atoms. The Hall–Kier alpha value is -2.67. The van der Waals surface area contributed by atoms with Crippen molar-refractivity contribution in [3.8, 4) is 22.9 Å². The fourth-order valence-corrected chi connectivity index (χ4v) is 2.78. The maximum atomic E-state index is 6.41. The summed E-state index contributed by atoms with van der Waals surface area (Å²) in [5.41, 5.74) is 2.61. The summed E-state index contributed by atoms with van der Waals surface area (Å²) in [7, 11) is 8.01. The predicted molar refractivity (Wildman–Crippen MR) is 88.8 cm³/mol. The molecule has 0 amide bonds. The van der Waals surface area contributed by atoms with E-state index in [1.54, 1.807) is 23.1 Å². The minimum absolute atomic E-state index is 0.301. The summed E-state index contributed by atoms with van der Waals surface area (Å²) < 4.78 is 3.45. The molecule has 2 radical (unpaired) electrons. The number of pyridine rings is 1. The van der Waals surface area contributed by atoms with Crippen LogP contribution in [0, 0.1) is 0 Å². The molecule has 0 aromatic carbocycles. The summed E-state index contributed by atoms with van der Waals surface area (Å²) in [5.74, 6) is 1.05. The molecule has 0 aliphatic carbocycles. The van der Waals surface area contributed by atoms with E-state index in [0.29, 0.717) is 27.8 Å². The van der Waals surface area contributed by atoms with Crippen LogP contribution in [0.4, 0.5) is 0 Å². The van der Waals surface area contributed by atoms with Crippen molar-refractivity contribution in [3.05, 3.63) is 48.1 Å². The Bertz CT molecular complexity index is 1010. The van der Waals surface area contributed by atoms with Gasteiger partial charge in [-0.05, 0) is 12.1 Å². The molecule has 0 aliphatic rings. The minimum Gasteiger partial charge on any atom is -0.331 e. The summed E-state index contributed by atoms with van der Waals surface area (Å²) in [5, 5.41) is 4.78. The number of aryl methyl sites for hydroxylation is 1. The lowest BCUT2D eigenvalue weighted by atomic mass is 9.92. The van der Waals surface area contributed by atoms with Crippen LogP contribution in [0.3, 0.4) is 0 Å². The van der Waals surface area contributed by atoms with Crippen LogP contribution in [-0.2, 0) is 7.05 Å². The zero-order valence-electron chi connectivity index (χ0n) is 12.2. The van der Waals surface area contributed by atoms with Crippen molar-refractivity contribution in [1.29, 1.82) is 0 Å². The van der Waals surface area contributed by atoms with Crippen molar-refractivity contribution >= 4 is 30.4 Å². The topological polar surface area (TPSA) is 60.9 Å². The van der Waals surface area contributed by atoms with Crippen molar-refractivity contribution in [2.24, 2.45) is 7.05 Å². The first-order valence-electron chi connectivity index (χ1n) is 6.88. The lowest BCUT2D eigenvalue weighted by Gasteiger charge is -2.05. The van der Waals surface area contributed by atoms with Crippen molar-refractivity contribution in [2.45, 2.75) is 0 Å². The molecule has 0 saturated carbocycles. The van der Waals surface area contributed by atoms with Crippen molar-refractivity contribution in [2.75, 3.05) is 0 Å². The van der Waals surface area contributed by atoms with Crippen LogP contribution in [0.5, 0.6) is 0 Å². The van der Waals surface area contributed by atoms with E-state index in [2.05, 4.69) is 20.1 Å². The Labute approximate surface area is 138 Å². The quantitative estimate of drug-likeness (QED) is 0.527. The second kappa shape index (κ2) is 5.21. The van der Waals surface area contributed by atoms with Gasteiger partial charge in [0.25, 0.3) is 0 Å². The molecule has 0 N–H and O–H groups in total. The maximum Gasteiger partial charge on any atom is 0.217 e. The molecule has 0 fully saturated rings. The number of fused-ring (bicyclic) bond motifs is 1. The van der Waals surface area contributed by atoms with Crippen LogP contribution < -0.4 is 5.46 Å². The number of halogens is 1. The first-order chi connectivity index (χ1) is 11.1. The number of nitrogens with zero attached hydrogens (tertiary/aromatic N) is 6. The molecule has 0 aliphatic heterocycles. The highest BCUT2D eigenvalue weighted by atomic mass is 35.5. The summed E-state index contributed by atoms with van der Waals surface area (Å²) >= 11 is 6.41. The third-order valence-electron chi connectivity index (χ3n) is 3.56. The van der Waals surface area contributed by atoms with E-state index in [9.17, 15) is 0 Å². The Morgan fingerprint density at radius 3 is 2.74 bits per heavy atom. The van der Waals surface area contributed by atoms with Gasteiger partial charge >= 0.3 is 0 Å². The fraction of sp³-hybridized carbons (Fsp3) is 0.0667. The first kappa shape index (κ1) is 14.0. The van der Waals surface area contributed by atoms with Crippen LogP contribution in [0.15, 0.2) is 43.0 Å².